The Labute approximate surface area is 257 Å². The number of benzene rings is 3. The number of methoxy groups -OCH3 is 1. The van der Waals surface area contributed by atoms with Crippen LogP contribution in [-0.4, -0.2) is 62.1 Å². The minimum absolute atomic E-state index is 0. The van der Waals surface area contributed by atoms with Crippen molar-refractivity contribution in [3.05, 3.63) is 94.0 Å². The van der Waals surface area contributed by atoms with Gasteiger partial charge in [0.15, 0.2) is 0 Å². The average molecular weight is 612 g/mol. The van der Waals surface area contributed by atoms with Crippen LogP contribution in [-0.2, 0) is 9.53 Å². The van der Waals surface area contributed by atoms with E-state index in [4.69, 9.17) is 16.3 Å². The fraction of sp³-hybridized carbons (Fsp3) is 0.344. The number of piperazine rings is 1. The highest BCUT2D eigenvalue weighted by Crippen LogP contribution is 2.41. The lowest BCUT2D eigenvalue weighted by molar-refractivity contribution is -0.132. The summed E-state index contributed by atoms with van der Waals surface area (Å²) in [6.45, 7) is 4.87. The molecule has 2 N–H and O–H groups in total. The van der Waals surface area contributed by atoms with Crippen LogP contribution in [0, 0.1) is 6.92 Å². The number of nitrogens with zero attached hydrogens (tertiary/aromatic N) is 2. The highest BCUT2D eigenvalue weighted by molar-refractivity contribution is 6.30. The Morgan fingerprint density at radius 3 is 2.40 bits per heavy atom. The van der Waals surface area contributed by atoms with Gasteiger partial charge in [-0.15, -0.1) is 12.4 Å². The first kappa shape index (κ1) is 31.5. The van der Waals surface area contributed by atoms with Crippen LogP contribution in [0.3, 0.4) is 0 Å². The lowest BCUT2D eigenvalue weighted by Gasteiger charge is -2.31. The topological polar surface area (TPSA) is 91.0 Å². The molecule has 0 saturated carbocycles. The smallest absolute Gasteiger partial charge is 0.260 e. The van der Waals surface area contributed by atoms with Crippen LogP contribution in [0.1, 0.15) is 57.0 Å². The summed E-state index contributed by atoms with van der Waals surface area (Å²) in [4.78, 5) is 43.5. The molecule has 10 heteroatoms. The van der Waals surface area contributed by atoms with Crippen LogP contribution in [0.5, 0.6) is 0 Å². The highest BCUT2D eigenvalue weighted by atomic mass is 35.5. The monoisotopic (exact) mass is 610 g/mol. The van der Waals surface area contributed by atoms with Gasteiger partial charge in [0.25, 0.3) is 11.8 Å². The maximum Gasteiger partial charge on any atom is 0.260 e. The predicted molar refractivity (Wildman–Crippen MR) is 168 cm³/mol. The Morgan fingerprint density at radius 1 is 1.00 bits per heavy atom. The maximum absolute atomic E-state index is 14.0. The standard InChI is InChI=1S/C32H35ClN4O4.ClH/c1-21-5-3-4-6-26(21)31(39)35-25-11-7-22(8-12-25)32(40)37-28-13-10-24(33)20-27(28)23(9-14-30(37)41-2)19-29(38)36-17-15-34-16-18-36;/h3-8,10-13,20,23,30,34H,9,14-19H2,1-2H3,(H,35,39);1H. The van der Waals surface area contributed by atoms with Crippen molar-refractivity contribution < 1.29 is 19.1 Å². The molecule has 3 aromatic rings. The first-order valence-electron chi connectivity index (χ1n) is 14.0. The number of fused-ring (bicyclic) bond motifs is 1. The SMILES string of the molecule is COC1CCC(CC(=O)N2CCNCC2)c2cc(Cl)ccc2N1C(=O)c1ccc(NC(=O)c2ccccc2C)cc1.Cl. The van der Waals surface area contributed by atoms with E-state index in [0.717, 1.165) is 24.2 Å². The Morgan fingerprint density at radius 2 is 1.71 bits per heavy atom. The summed E-state index contributed by atoms with van der Waals surface area (Å²) in [5, 5.41) is 6.74. The molecule has 1 saturated heterocycles. The summed E-state index contributed by atoms with van der Waals surface area (Å²) in [7, 11) is 1.59. The molecule has 2 aliphatic rings. The molecule has 42 heavy (non-hydrogen) atoms. The maximum atomic E-state index is 14.0. The lowest BCUT2D eigenvalue weighted by atomic mass is 9.90. The van der Waals surface area contributed by atoms with E-state index in [2.05, 4.69) is 10.6 Å². The molecule has 8 nitrogen and oxygen atoms in total. The van der Waals surface area contributed by atoms with Crippen LogP contribution in [0.4, 0.5) is 11.4 Å². The van der Waals surface area contributed by atoms with Gasteiger partial charge >= 0.3 is 0 Å². The number of hydrogen-bond acceptors (Lipinski definition) is 5. The zero-order valence-corrected chi connectivity index (χ0v) is 25.3. The molecule has 5 rings (SSSR count). The van der Waals surface area contributed by atoms with Crippen molar-refractivity contribution in [1.82, 2.24) is 10.2 Å². The van der Waals surface area contributed by atoms with Crippen LogP contribution in [0.25, 0.3) is 0 Å². The zero-order chi connectivity index (χ0) is 28.9. The lowest BCUT2D eigenvalue weighted by Crippen LogP contribution is -2.46. The molecule has 0 radical (unpaired) electrons. The summed E-state index contributed by atoms with van der Waals surface area (Å²) in [5.74, 6) is -0.423. The predicted octanol–water partition coefficient (Wildman–Crippen LogP) is 5.64. The van der Waals surface area contributed by atoms with E-state index >= 15 is 0 Å². The number of aryl methyl sites for hydroxylation is 1. The molecule has 0 aromatic heterocycles. The first-order chi connectivity index (χ1) is 19.9. The summed E-state index contributed by atoms with van der Waals surface area (Å²) < 4.78 is 5.83. The summed E-state index contributed by atoms with van der Waals surface area (Å²) >= 11 is 6.44. The van der Waals surface area contributed by atoms with Gasteiger partial charge in [-0.25, -0.2) is 0 Å². The number of halogens is 2. The van der Waals surface area contributed by atoms with E-state index < -0.39 is 6.23 Å². The number of nitrogens with one attached hydrogen (secondary N) is 2. The molecule has 0 bridgehead atoms. The second-order valence-electron chi connectivity index (χ2n) is 10.5. The van der Waals surface area contributed by atoms with Crippen LogP contribution in [0.2, 0.25) is 5.02 Å². The average Bonchev–Trinajstić information content (AvgIpc) is 3.14. The fourth-order valence-electron chi connectivity index (χ4n) is 5.65. The Hall–Kier alpha value is -3.43. The van der Waals surface area contributed by atoms with Crippen molar-refractivity contribution in [3.63, 3.8) is 0 Å². The molecule has 0 spiro atoms. The molecule has 1 fully saturated rings. The quantitative estimate of drug-likeness (QED) is 0.377. The number of carbonyl (C=O) groups excluding carboxylic acids is 3. The third-order valence-electron chi connectivity index (χ3n) is 7.90. The van der Waals surface area contributed by atoms with E-state index in [1.54, 1.807) is 48.4 Å². The number of rotatable bonds is 6. The summed E-state index contributed by atoms with van der Waals surface area (Å²) in [5.41, 5.74) is 4.09. The number of ether oxygens (including phenoxy) is 1. The number of anilines is 2. The first-order valence-corrected chi connectivity index (χ1v) is 14.3. The Bertz CT molecular complexity index is 1430. The van der Waals surface area contributed by atoms with Crippen molar-refractivity contribution in [1.29, 1.82) is 0 Å². The van der Waals surface area contributed by atoms with E-state index in [0.29, 0.717) is 59.9 Å². The molecule has 0 aliphatic carbocycles. The third-order valence-corrected chi connectivity index (χ3v) is 8.14. The molecule has 2 heterocycles. The molecule has 2 aliphatic heterocycles. The zero-order valence-electron chi connectivity index (χ0n) is 23.8. The van der Waals surface area contributed by atoms with Crippen molar-refractivity contribution in [2.75, 3.05) is 43.5 Å². The van der Waals surface area contributed by atoms with Gasteiger partial charge in [-0.2, -0.15) is 0 Å². The van der Waals surface area contributed by atoms with E-state index in [1.807, 2.05) is 42.2 Å². The van der Waals surface area contributed by atoms with Gasteiger partial charge in [-0.3, -0.25) is 19.3 Å². The Kier molecular flexibility index (Phi) is 10.6. The molecular weight excluding hydrogens is 575 g/mol. The second kappa shape index (κ2) is 14.2. The minimum Gasteiger partial charge on any atom is -0.361 e. The minimum atomic E-state index is -0.512. The second-order valence-corrected chi connectivity index (χ2v) is 11.0. The molecule has 3 aromatic carbocycles. The molecule has 3 amide bonds. The highest BCUT2D eigenvalue weighted by Gasteiger charge is 2.35. The van der Waals surface area contributed by atoms with Gasteiger partial charge in [0.1, 0.15) is 6.23 Å². The van der Waals surface area contributed by atoms with Crippen molar-refractivity contribution >= 4 is 53.1 Å². The number of carbonyl (C=O) groups is 3. The molecule has 222 valence electrons. The van der Waals surface area contributed by atoms with Gasteiger partial charge in [-0.05, 0) is 85.3 Å². The molecule has 2 atom stereocenters. The fourth-order valence-corrected chi connectivity index (χ4v) is 5.83. The molecule has 2 unspecified atom stereocenters. The van der Waals surface area contributed by atoms with Crippen molar-refractivity contribution in [2.24, 2.45) is 0 Å². The van der Waals surface area contributed by atoms with E-state index in [1.165, 1.54) is 0 Å². The largest absolute Gasteiger partial charge is 0.361 e. The number of hydrogen-bond donors (Lipinski definition) is 2. The van der Waals surface area contributed by atoms with Gasteiger partial charge in [0.05, 0.1) is 5.69 Å². The van der Waals surface area contributed by atoms with E-state index in [9.17, 15) is 14.4 Å². The van der Waals surface area contributed by atoms with Gasteiger partial charge < -0.3 is 20.3 Å². The van der Waals surface area contributed by atoms with Gasteiger partial charge in [0.2, 0.25) is 5.91 Å². The van der Waals surface area contributed by atoms with E-state index in [-0.39, 0.29) is 36.0 Å². The Balaban J connectivity index is 0.00000405. The third kappa shape index (κ3) is 6.95. The van der Waals surface area contributed by atoms with Crippen LogP contribution < -0.4 is 15.5 Å². The van der Waals surface area contributed by atoms with Crippen LogP contribution >= 0.6 is 24.0 Å². The van der Waals surface area contributed by atoms with Gasteiger partial charge in [0, 0.05) is 61.5 Å². The summed E-state index contributed by atoms with van der Waals surface area (Å²) in [6.07, 6.45) is 1.08. The van der Waals surface area contributed by atoms with Gasteiger partial charge in [-0.1, -0.05) is 29.8 Å². The molecular formula is C32H36Cl2N4O4. The normalized spacial score (nSPS) is 18.4. The van der Waals surface area contributed by atoms with Crippen LogP contribution in [0.15, 0.2) is 66.7 Å². The van der Waals surface area contributed by atoms with Crippen molar-refractivity contribution in [3.8, 4) is 0 Å². The van der Waals surface area contributed by atoms with Crippen molar-refractivity contribution in [2.45, 2.75) is 38.3 Å². The summed E-state index contributed by atoms with van der Waals surface area (Å²) in [6, 6.07) is 19.7. The number of amides is 3.